The van der Waals surface area contributed by atoms with Gasteiger partial charge >= 0.3 is 0 Å². The standard InChI is InChI=1S/C13H23N3O2/c1-16-9-10(6-7-12(16)17)15-13(18)11-5-3-2-4-8-14-11/h10-11,14H,2-9H2,1H3,(H,15,18). The van der Waals surface area contributed by atoms with E-state index in [0.29, 0.717) is 13.0 Å². The Kier molecular flexibility index (Phi) is 4.58. The van der Waals surface area contributed by atoms with Crippen LogP contribution in [0.2, 0.25) is 0 Å². The van der Waals surface area contributed by atoms with Gasteiger partial charge in [0.05, 0.1) is 6.04 Å². The third kappa shape index (κ3) is 3.45. The van der Waals surface area contributed by atoms with Crippen molar-refractivity contribution in [2.24, 2.45) is 0 Å². The molecule has 2 rings (SSSR count). The largest absolute Gasteiger partial charge is 0.350 e. The molecule has 5 nitrogen and oxygen atoms in total. The lowest BCUT2D eigenvalue weighted by atomic mass is 10.0. The van der Waals surface area contributed by atoms with E-state index >= 15 is 0 Å². The van der Waals surface area contributed by atoms with Crippen LogP contribution in [0.3, 0.4) is 0 Å². The highest BCUT2D eigenvalue weighted by Crippen LogP contribution is 2.12. The summed E-state index contributed by atoms with van der Waals surface area (Å²) in [4.78, 5) is 25.2. The summed E-state index contributed by atoms with van der Waals surface area (Å²) in [6.07, 6.45) is 5.71. The molecule has 0 spiro atoms. The van der Waals surface area contributed by atoms with Crippen molar-refractivity contribution in [3.8, 4) is 0 Å². The minimum Gasteiger partial charge on any atom is -0.350 e. The summed E-state index contributed by atoms with van der Waals surface area (Å²) in [5.74, 6) is 0.276. The number of likely N-dealkylation sites (N-methyl/N-ethyl adjacent to an activating group) is 1. The molecule has 18 heavy (non-hydrogen) atoms. The first-order valence-corrected chi connectivity index (χ1v) is 6.94. The summed E-state index contributed by atoms with van der Waals surface area (Å²) in [6.45, 7) is 1.57. The molecule has 2 aliphatic heterocycles. The Labute approximate surface area is 108 Å². The molecule has 0 radical (unpaired) electrons. The van der Waals surface area contributed by atoms with Gasteiger partial charge in [-0.2, -0.15) is 0 Å². The topological polar surface area (TPSA) is 61.4 Å². The van der Waals surface area contributed by atoms with E-state index in [1.165, 1.54) is 6.42 Å². The van der Waals surface area contributed by atoms with Gasteiger partial charge in [0.1, 0.15) is 0 Å². The molecule has 0 aliphatic carbocycles. The van der Waals surface area contributed by atoms with Crippen LogP contribution < -0.4 is 10.6 Å². The van der Waals surface area contributed by atoms with Crippen LogP contribution in [0.4, 0.5) is 0 Å². The highest BCUT2D eigenvalue weighted by atomic mass is 16.2. The van der Waals surface area contributed by atoms with Gasteiger partial charge in [0.15, 0.2) is 0 Å². The molecule has 2 saturated heterocycles. The van der Waals surface area contributed by atoms with E-state index in [4.69, 9.17) is 0 Å². The number of carbonyl (C=O) groups is 2. The average Bonchev–Trinajstić information content (AvgIpc) is 2.62. The van der Waals surface area contributed by atoms with Crippen molar-refractivity contribution < 1.29 is 9.59 Å². The Balaban J connectivity index is 1.81. The van der Waals surface area contributed by atoms with Crippen molar-refractivity contribution in [3.05, 3.63) is 0 Å². The van der Waals surface area contributed by atoms with Crippen LogP contribution in [0.5, 0.6) is 0 Å². The number of hydrogen-bond acceptors (Lipinski definition) is 3. The fourth-order valence-corrected chi connectivity index (χ4v) is 2.68. The van der Waals surface area contributed by atoms with Crippen molar-refractivity contribution in [1.29, 1.82) is 0 Å². The molecule has 5 heteroatoms. The van der Waals surface area contributed by atoms with Gasteiger partial charge < -0.3 is 15.5 Å². The van der Waals surface area contributed by atoms with Crippen LogP contribution in [0.1, 0.15) is 38.5 Å². The number of hydrogen-bond donors (Lipinski definition) is 2. The molecule has 0 saturated carbocycles. The molecule has 0 aromatic heterocycles. The fraction of sp³-hybridized carbons (Fsp3) is 0.846. The highest BCUT2D eigenvalue weighted by molar-refractivity contribution is 5.82. The normalized spacial score (nSPS) is 29.8. The Morgan fingerprint density at radius 2 is 2.17 bits per heavy atom. The number of piperidine rings is 1. The second kappa shape index (κ2) is 6.18. The molecule has 2 heterocycles. The van der Waals surface area contributed by atoms with Crippen LogP contribution in [0, 0.1) is 0 Å². The predicted molar refractivity (Wildman–Crippen MR) is 69.1 cm³/mol. The zero-order valence-corrected chi connectivity index (χ0v) is 11.1. The van der Waals surface area contributed by atoms with Crippen molar-refractivity contribution >= 4 is 11.8 Å². The second-order valence-electron chi connectivity index (χ2n) is 5.37. The molecular weight excluding hydrogens is 230 g/mol. The summed E-state index contributed by atoms with van der Waals surface area (Å²) in [7, 11) is 1.80. The zero-order valence-electron chi connectivity index (χ0n) is 11.1. The maximum atomic E-state index is 12.1. The summed E-state index contributed by atoms with van der Waals surface area (Å²) in [5, 5.41) is 6.37. The first kappa shape index (κ1) is 13.3. The summed E-state index contributed by atoms with van der Waals surface area (Å²) >= 11 is 0. The molecular formula is C13H23N3O2. The summed E-state index contributed by atoms with van der Waals surface area (Å²) in [5.41, 5.74) is 0. The first-order chi connectivity index (χ1) is 8.66. The van der Waals surface area contributed by atoms with Crippen molar-refractivity contribution in [2.75, 3.05) is 20.1 Å². The maximum absolute atomic E-state index is 12.1. The van der Waals surface area contributed by atoms with Gasteiger partial charge in [0.25, 0.3) is 0 Å². The van der Waals surface area contributed by atoms with Crippen molar-refractivity contribution in [1.82, 2.24) is 15.5 Å². The lowest BCUT2D eigenvalue weighted by Crippen LogP contribution is -2.53. The van der Waals surface area contributed by atoms with E-state index < -0.39 is 0 Å². The highest BCUT2D eigenvalue weighted by Gasteiger charge is 2.27. The SMILES string of the molecule is CN1CC(NC(=O)C2CCCCCN2)CCC1=O. The number of likely N-dealkylation sites (tertiary alicyclic amines) is 1. The first-order valence-electron chi connectivity index (χ1n) is 6.94. The predicted octanol–water partition coefficient (Wildman–Crippen LogP) is 0.256. The Morgan fingerprint density at radius 3 is 2.94 bits per heavy atom. The van der Waals surface area contributed by atoms with Crippen LogP contribution in [0.25, 0.3) is 0 Å². The number of nitrogens with zero attached hydrogens (tertiary/aromatic N) is 1. The number of nitrogens with one attached hydrogen (secondary N) is 2. The quantitative estimate of drug-likeness (QED) is 0.742. The lowest BCUT2D eigenvalue weighted by Gasteiger charge is -2.31. The van der Waals surface area contributed by atoms with Gasteiger partial charge in [-0.3, -0.25) is 9.59 Å². The Morgan fingerprint density at radius 1 is 1.33 bits per heavy atom. The maximum Gasteiger partial charge on any atom is 0.237 e. The Hall–Kier alpha value is -1.10. The van der Waals surface area contributed by atoms with Gasteiger partial charge in [0, 0.05) is 26.1 Å². The Bertz CT molecular complexity index is 311. The fourth-order valence-electron chi connectivity index (χ4n) is 2.68. The number of amides is 2. The molecule has 2 aliphatic rings. The van der Waals surface area contributed by atoms with E-state index in [1.54, 1.807) is 11.9 Å². The van der Waals surface area contributed by atoms with Crippen LogP contribution in [0.15, 0.2) is 0 Å². The van der Waals surface area contributed by atoms with Gasteiger partial charge in [-0.15, -0.1) is 0 Å². The van der Waals surface area contributed by atoms with Gasteiger partial charge in [-0.25, -0.2) is 0 Å². The molecule has 2 unspecified atom stereocenters. The zero-order chi connectivity index (χ0) is 13.0. The van der Waals surface area contributed by atoms with Crippen LogP contribution in [-0.2, 0) is 9.59 Å². The van der Waals surface area contributed by atoms with Gasteiger partial charge in [0.2, 0.25) is 11.8 Å². The van der Waals surface area contributed by atoms with E-state index in [1.807, 2.05) is 0 Å². The monoisotopic (exact) mass is 253 g/mol. The number of rotatable bonds is 2. The van der Waals surface area contributed by atoms with Gasteiger partial charge in [-0.05, 0) is 25.8 Å². The van der Waals surface area contributed by atoms with Crippen LogP contribution >= 0.6 is 0 Å². The van der Waals surface area contributed by atoms with E-state index in [2.05, 4.69) is 10.6 Å². The smallest absolute Gasteiger partial charge is 0.237 e. The summed E-state index contributed by atoms with van der Waals surface area (Å²) < 4.78 is 0. The van der Waals surface area contributed by atoms with E-state index in [0.717, 1.165) is 32.2 Å². The lowest BCUT2D eigenvalue weighted by molar-refractivity contribution is -0.134. The third-order valence-electron chi connectivity index (χ3n) is 3.85. The van der Waals surface area contributed by atoms with Crippen LogP contribution in [-0.4, -0.2) is 48.9 Å². The van der Waals surface area contributed by atoms with Crippen molar-refractivity contribution in [3.63, 3.8) is 0 Å². The summed E-state index contributed by atoms with van der Waals surface area (Å²) in [6, 6.07) is 0.0701. The number of carbonyl (C=O) groups excluding carboxylic acids is 2. The molecule has 102 valence electrons. The molecule has 2 N–H and O–H groups in total. The minimum absolute atomic E-state index is 0.0459. The minimum atomic E-state index is -0.0459. The molecule has 0 bridgehead atoms. The van der Waals surface area contributed by atoms with Gasteiger partial charge in [-0.1, -0.05) is 12.8 Å². The average molecular weight is 253 g/mol. The van der Waals surface area contributed by atoms with Crippen molar-refractivity contribution in [2.45, 2.75) is 50.6 Å². The molecule has 2 amide bonds. The second-order valence-corrected chi connectivity index (χ2v) is 5.37. The third-order valence-corrected chi connectivity index (χ3v) is 3.85. The molecule has 2 fully saturated rings. The molecule has 0 aromatic rings. The van der Waals surface area contributed by atoms with E-state index in [-0.39, 0.29) is 23.9 Å². The molecule has 0 aromatic carbocycles. The molecule has 2 atom stereocenters. The van der Waals surface area contributed by atoms with E-state index in [9.17, 15) is 9.59 Å².